The number of halogens is 9. The van der Waals surface area contributed by atoms with Crippen LogP contribution in [0.4, 0.5) is 39.5 Å². The Kier molecular flexibility index (Phi) is 11.0. The third-order valence-corrected chi connectivity index (χ3v) is 8.06. The minimum atomic E-state index is -5.08. The first-order valence-corrected chi connectivity index (χ1v) is 14.3. The van der Waals surface area contributed by atoms with Crippen molar-refractivity contribution in [2.75, 3.05) is 40.8 Å². The van der Waals surface area contributed by atoms with Gasteiger partial charge in [0.25, 0.3) is 0 Å². The summed E-state index contributed by atoms with van der Waals surface area (Å²) in [4.78, 5) is 5.42. The second-order valence-electron chi connectivity index (χ2n) is 12.0. The van der Waals surface area contributed by atoms with Crippen molar-refractivity contribution in [2.45, 2.75) is 64.3 Å². The minimum Gasteiger partial charge on any atom is -0.368 e. The highest BCUT2D eigenvalue weighted by Crippen LogP contribution is 2.39. The highest BCUT2D eigenvalue weighted by atomic mass is 19.4. The van der Waals surface area contributed by atoms with Gasteiger partial charge in [-0.3, -0.25) is 4.90 Å². The lowest BCUT2D eigenvalue weighted by atomic mass is 9.87. The predicted molar refractivity (Wildman–Crippen MR) is 154 cm³/mol. The van der Waals surface area contributed by atoms with Gasteiger partial charge < -0.3 is 21.0 Å². The van der Waals surface area contributed by atoms with Gasteiger partial charge in [-0.1, -0.05) is 19.9 Å². The predicted octanol–water partition coefficient (Wildman–Crippen LogP) is 6.92. The summed E-state index contributed by atoms with van der Waals surface area (Å²) in [5.74, 6) is -0.338. The number of nitrogens with one attached hydrogen (secondary N) is 1. The number of guanidine groups is 1. The van der Waals surface area contributed by atoms with Gasteiger partial charge in [0.2, 0.25) is 5.96 Å². The zero-order chi connectivity index (χ0) is 34.0. The summed E-state index contributed by atoms with van der Waals surface area (Å²) in [6.45, 7) is 5.46. The fourth-order valence-corrected chi connectivity index (χ4v) is 6.06. The van der Waals surface area contributed by atoms with E-state index in [4.69, 9.17) is 5.73 Å². The van der Waals surface area contributed by atoms with Crippen LogP contribution in [0.2, 0.25) is 0 Å². The minimum absolute atomic E-state index is 0.00801. The summed E-state index contributed by atoms with van der Waals surface area (Å²) >= 11 is 0. The number of nitrogens with zero attached hydrogens (tertiary/aromatic N) is 4. The maximum Gasteiger partial charge on any atom is 0.416 e. The summed E-state index contributed by atoms with van der Waals surface area (Å²) in [6, 6.07) is 4.07. The molecule has 1 fully saturated rings. The molecule has 3 N–H and O–H groups in total. The Balaban J connectivity index is 2.10. The van der Waals surface area contributed by atoms with E-state index in [1.165, 1.54) is 13.1 Å². The average Bonchev–Trinajstić information content (AvgIpc) is 3.25. The van der Waals surface area contributed by atoms with E-state index in [0.29, 0.717) is 30.7 Å². The van der Waals surface area contributed by atoms with Crippen LogP contribution in [0.25, 0.3) is 0 Å². The highest BCUT2D eigenvalue weighted by molar-refractivity contribution is 5.78. The highest BCUT2D eigenvalue weighted by Gasteiger charge is 2.38. The Morgan fingerprint density at radius 3 is 2.00 bits per heavy atom. The zero-order valence-corrected chi connectivity index (χ0v) is 25.8. The molecular weight excluding hydrogens is 615 g/mol. The maximum absolute atomic E-state index is 13.9. The smallest absolute Gasteiger partial charge is 0.368 e. The molecule has 1 aliphatic heterocycles. The number of benzene rings is 2. The molecule has 1 aliphatic rings. The van der Waals surface area contributed by atoms with Gasteiger partial charge in [-0.25, -0.2) is 0 Å². The molecule has 0 aromatic heterocycles. The summed E-state index contributed by atoms with van der Waals surface area (Å²) < 4.78 is 123. The first-order valence-electron chi connectivity index (χ1n) is 14.3. The average molecular weight is 655 g/mol. The van der Waals surface area contributed by atoms with Crippen LogP contribution >= 0.6 is 0 Å². The van der Waals surface area contributed by atoms with Crippen LogP contribution in [-0.2, 0) is 31.6 Å². The van der Waals surface area contributed by atoms with Crippen LogP contribution in [0.15, 0.2) is 41.5 Å². The van der Waals surface area contributed by atoms with Crippen molar-refractivity contribution in [3.63, 3.8) is 0 Å². The Morgan fingerprint density at radius 1 is 0.956 bits per heavy atom. The van der Waals surface area contributed by atoms with E-state index in [9.17, 15) is 39.5 Å². The van der Waals surface area contributed by atoms with Gasteiger partial charge in [-0.05, 0) is 85.9 Å². The monoisotopic (exact) mass is 654 g/mol. The summed E-state index contributed by atoms with van der Waals surface area (Å²) in [7, 11) is 5.27. The number of alkyl halides is 9. The van der Waals surface area contributed by atoms with Crippen molar-refractivity contribution in [1.29, 1.82) is 0 Å². The quantitative estimate of drug-likeness (QED) is 0.126. The zero-order valence-electron chi connectivity index (χ0n) is 25.8. The Labute approximate surface area is 257 Å². The van der Waals surface area contributed by atoms with E-state index in [1.54, 1.807) is 0 Å². The molecule has 1 saturated heterocycles. The number of hydrogen-bond acceptors (Lipinski definition) is 4. The number of hydrazone groups is 1. The molecule has 2 aromatic carbocycles. The molecular formula is C30H39F9N6. The van der Waals surface area contributed by atoms with Crippen LogP contribution in [0.1, 0.15) is 66.1 Å². The van der Waals surface area contributed by atoms with E-state index >= 15 is 0 Å². The van der Waals surface area contributed by atoms with Gasteiger partial charge in [0.05, 0.1) is 16.7 Å². The summed E-state index contributed by atoms with van der Waals surface area (Å²) in [5.41, 5.74) is 4.74. The Hall–Kier alpha value is -3.20. The topological polar surface area (TPSA) is 60.1 Å². The van der Waals surface area contributed by atoms with Crippen LogP contribution in [0.3, 0.4) is 0 Å². The summed E-state index contributed by atoms with van der Waals surface area (Å²) in [5, 5.41) is 3.83. The molecule has 0 amide bonds. The van der Waals surface area contributed by atoms with E-state index in [-0.39, 0.29) is 35.6 Å². The lowest BCUT2D eigenvalue weighted by molar-refractivity contribution is -0.143. The van der Waals surface area contributed by atoms with Crippen molar-refractivity contribution in [2.24, 2.45) is 16.3 Å². The summed E-state index contributed by atoms with van der Waals surface area (Å²) in [6.07, 6.45) is -13.4. The van der Waals surface area contributed by atoms with Crippen molar-refractivity contribution < 1.29 is 39.5 Å². The normalized spacial score (nSPS) is 19.3. The molecule has 0 aliphatic carbocycles. The fourth-order valence-electron chi connectivity index (χ4n) is 6.06. The van der Waals surface area contributed by atoms with Crippen LogP contribution in [-0.4, -0.2) is 61.4 Å². The van der Waals surface area contributed by atoms with Crippen molar-refractivity contribution in [3.8, 4) is 0 Å². The number of rotatable bonds is 10. The Bertz CT molecular complexity index is 1310. The molecule has 0 radical (unpaired) electrons. The van der Waals surface area contributed by atoms with Gasteiger partial charge in [-0.2, -0.15) is 39.5 Å². The maximum atomic E-state index is 13.9. The van der Waals surface area contributed by atoms with Crippen molar-refractivity contribution in [1.82, 2.24) is 20.1 Å². The first-order chi connectivity index (χ1) is 20.7. The van der Waals surface area contributed by atoms with Gasteiger partial charge in [0.15, 0.2) is 0 Å². The third-order valence-electron chi connectivity index (χ3n) is 8.06. The third kappa shape index (κ3) is 9.41. The molecule has 45 heavy (non-hydrogen) atoms. The van der Waals surface area contributed by atoms with Crippen molar-refractivity contribution >= 4 is 5.96 Å². The van der Waals surface area contributed by atoms with Gasteiger partial charge in [-0.15, -0.1) is 5.10 Å². The molecule has 2 aromatic rings. The van der Waals surface area contributed by atoms with Crippen LogP contribution in [0, 0.1) is 5.41 Å². The van der Waals surface area contributed by atoms with Crippen molar-refractivity contribution in [3.05, 3.63) is 69.8 Å². The molecule has 0 bridgehead atoms. The second-order valence-corrected chi connectivity index (χ2v) is 12.0. The number of hydrogen-bond donors (Lipinski definition) is 2. The standard InChI is InChI=1S/C30H39F9N6/c1-6-25(44(5)18-27(2)9-10-43(4)17-27)24-8-7-21(28(31,32)33)13-20(24)16-45(26(40)42-41-3)15-19-11-22(29(34,35)36)14-23(12-19)30(37,38)39/h7-8,11-14,25,41H,6,9-10,15-18H2,1-5H3,(H2,40,42). The number of likely N-dealkylation sites (tertiary alicyclic amines) is 1. The van der Waals surface area contributed by atoms with E-state index < -0.39 is 47.3 Å². The molecule has 0 spiro atoms. The molecule has 0 saturated carbocycles. The van der Waals surface area contributed by atoms with Crippen LogP contribution < -0.4 is 11.2 Å². The van der Waals surface area contributed by atoms with E-state index in [1.807, 2.05) is 21.0 Å². The molecule has 6 nitrogen and oxygen atoms in total. The molecule has 2 unspecified atom stereocenters. The lowest BCUT2D eigenvalue weighted by Gasteiger charge is -2.36. The molecule has 15 heteroatoms. The van der Waals surface area contributed by atoms with Gasteiger partial charge in [0.1, 0.15) is 0 Å². The Morgan fingerprint density at radius 2 is 1.53 bits per heavy atom. The number of nitrogens with two attached hydrogens (primary N) is 1. The van der Waals surface area contributed by atoms with E-state index in [0.717, 1.165) is 36.5 Å². The lowest BCUT2D eigenvalue weighted by Crippen LogP contribution is -2.39. The largest absolute Gasteiger partial charge is 0.416 e. The fraction of sp³-hybridized carbons (Fsp3) is 0.567. The van der Waals surface area contributed by atoms with E-state index in [2.05, 4.69) is 27.3 Å². The van der Waals surface area contributed by atoms with Gasteiger partial charge in [0, 0.05) is 39.3 Å². The SMILES string of the molecule is CCC(c1ccc(C(F)(F)F)cc1CN(Cc1cc(C(F)(F)F)cc(C(F)(F)F)c1)/C(N)=N/NC)N(C)CC1(C)CCN(C)C1. The van der Waals surface area contributed by atoms with Crippen LogP contribution in [0.5, 0.6) is 0 Å². The van der Waals surface area contributed by atoms with Gasteiger partial charge >= 0.3 is 18.5 Å². The first kappa shape index (κ1) is 36.3. The molecule has 3 rings (SSSR count). The second kappa shape index (κ2) is 13.7. The molecule has 2 atom stereocenters. The molecule has 1 heterocycles. The molecule has 252 valence electrons.